The van der Waals surface area contributed by atoms with Gasteiger partial charge in [0, 0.05) is 11.9 Å². The third-order valence-corrected chi connectivity index (χ3v) is 4.49. The van der Waals surface area contributed by atoms with Gasteiger partial charge in [-0.3, -0.25) is 9.59 Å². The summed E-state index contributed by atoms with van der Waals surface area (Å²) in [5, 5.41) is 2.67. The van der Waals surface area contributed by atoms with E-state index in [4.69, 9.17) is 0 Å². The summed E-state index contributed by atoms with van der Waals surface area (Å²) < 4.78 is 39.9. The molecule has 0 spiro atoms. The van der Waals surface area contributed by atoms with E-state index in [0.29, 0.717) is 11.3 Å². The largest absolute Gasteiger partial charge is 0.416 e. The highest BCUT2D eigenvalue weighted by Gasteiger charge is 2.30. The Morgan fingerprint density at radius 2 is 1.72 bits per heavy atom. The van der Waals surface area contributed by atoms with Crippen molar-refractivity contribution in [1.82, 2.24) is 4.57 Å². The third kappa shape index (κ3) is 4.93. The third-order valence-electron chi connectivity index (χ3n) is 4.49. The zero-order valence-electron chi connectivity index (χ0n) is 15.7. The number of aryl methyl sites for hydroxylation is 1. The lowest BCUT2D eigenvalue weighted by molar-refractivity contribution is -0.137. The van der Waals surface area contributed by atoms with Gasteiger partial charge in [-0.05, 0) is 53.9 Å². The molecule has 0 atom stereocenters. The smallest absolute Gasteiger partial charge is 0.322 e. The molecule has 3 rings (SSSR count). The van der Waals surface area contributed by atoms with E-state index in [0.717, 1.165) is 24.1 Å². The number of alkyl halides is 3. The maximum atomic E-state index is 12.9. The van der Waals surface area contributed by atoms with E-state index in [1.165, 1.54) is 35.0 Å². The first-order chi connectivity index (χ1) is 13.8. The molecule has 0 radical (unpaired) electrons. The number of pyridine rings is 1. The number of benzene rings is 2. The predicted molar refractivity (Wildman–Crippen MR) is 105 cm³/mol. The van der Waals surface area contributed by atoms with Crippen molar-refractivity contribution in [3.05, 3.63) is 99.5 Å². The zero-order chi connectivity index (χ0) is 21.0. The lowest BCUT2D eigenvalue weighted by atomic mass is 10.1. The quantitative estimate of drug-likeness (QED) is 0.673. The maximum absolute atomic E-state index is 12.9. The van der Waals surface area contributed by atoms with Crippen LogP contribution >= 0.6 is 0 Å². The minimum atomic E-state index is -4.46. The fraction of sp³-hybridized carbons (Fsp3) is 0.182. The maximum Gasteiger partial charge on any atom is 0.416 e. The van der Waals surface area contributed by atoms with E-state index in [9.17, 15) is 22.8 Å². The topological polar surface area (TPSA) is 51.1 Å². The Bertz CT molecular complexity index is 1070. The number of aromatic nitrogens is 1. The molecular formula is C22H19F3N2O2. The molecule has 1 aromatic heterocycles. The van der Waals surface area contributed by atoms with Crippen molar-refractivity contribution >= 4 is 11.6 Å². The summed E-state index contributed by atoms with van der Waals surface area (Å²) in [5.74, 6) is -0.572. The summed E-state index contributed by atoms with van der Waals surface area (Å²) in [6.45, 7) is 1.94. The Kier molecular flexibility index (Phi) is 5.87. The number of hydrogen-bond donors (Lipinski definition) is 1. The van der Waals surface area contributed by atoms with Gasteiger partial charge in [-0.2, -0.15) is 13.2 Å². The highest BCUT2D eigenvalue weighted by atomic mass is 19.4. The summed E-state index contributed by atoms with van der Waals surface area (Å²) in [7, 11) is 0. The molecule has 7 heteroatoms. The van der Waals surface area contributed by atoms with Gasteiger partial charge >= 0.3 is 6.18 Å². The molecule has 0 bridgehead atoms. The predicted octanol–water partition coefficient (Wildman–Crippen LogP) is 4.73. The molecule has 0 saturated carbocycles. The van der Waals surface area contributed by atoms with Crippen LogP contribution in [0.3, 0.4) is 0 Å². The highest BCUT2D eigenvalue weighted by molar-refractivity contribution is 6.03. The number of carbonyl (C=O) groups is 1. The first-order valence-corrected chi connectivity index (χ1v) is 9.04. The van der Waals surface area contributed by atoms with Crippen LogP contribution in [0.4, 0.5) is 18.9 Å². The molecule has 0 aliphatic heterocycles. The Balaban J connectivity index is 1.82. The van der Waals surface area contributed by atoms with Crippen molar-refractivity contribution in [3.63, 3.8) is 0 Å². The minimum absolute atomic E-state index is 0.0743. The van der Waals surface area contributed by atoms with E-state index < -0.39 is 23.2 Å². The van der Waals surface area contributed by atoms with Crippen molar-refractivity contribution in [2.75, 3.05) is 5.32 Å². The van der Waals surface area contributed by atoms with Crippen molar-refractivity contribution in [1.29, 1.82) is 0 Å². The van der Waals surface area contributed by atoms with Crippen LogP contribution in [-0.2, 0) is 19.1 Å². The number of amides is 1. The summed E-state index contributed by atoms with van der Waals surface area (Å²) in [6.07, 6.45) is -2.15. The molecule has 0 unspecified atom stereocenters. The van der Waals surface area contributed by atoms with Gasteiger partial charge in [0.25, 0.3) is 11.5 Å². The standard InChI is InChI=1S/C22H19F3N2O2/c1-2-15-8-10-18(11-9-15)26-20(28)19-7-4-12-27(21(19)29)14-16-5-3-6-17(13-16)22(23,24)25/h3-13H,2,14H2,1H3,(H,26,28). The molecule has 2 aromatic carbocycles. The summed E-state index contributed by atoms with van der Waals surface area (Å²) >= 11 is 0. The zero-order valence-corrected chi connectivity index (χ0v) is 15.7. The average Bonchev–Trinajstić information content (AvgIpc) is 2.69. The molecular weight excluding hydrogens is 381 g/mol. The normalized spacial score (nSPS) is 11.3. The first-order valence-electron chi connectivity index (χ1n) is 9.04. The van der Waals surface area contributed by atoms with Crippen LogP contribution in [0, 0.1) is 0 Å². The van der Waals surface area contributed by atoms with Crippen LogP contribution in [0.5, 0.6) is 0 Å². The van der Waals surface area contributed by atoms with Gasteiger partial charge in [0.2, 0.25) is 0 Å². The lowest BCUT2D eigenvalue weighted by Crippen LogP contribution is -2.29. The molecule has 150 valence electrons. The number of halogens is 3. The molecule has 1 amide bonds. The van der Waals surface area contributed by atoms with Crippen molar-refractivity contribution in [2.45, 2.75) is 26.1 Å². The number of anilines is 1. The van der Waals surface area contributed by atoms with Gasteiger partial charge in [-0.1, -0.05) is 31.2 Å². The molecule has 1 N–H and O–H groups in total. The fourth-order valence-electron chi connectivity index (χ4n) is 2.90. The summed E-state index contributed by atoms with van der Waals surface area (Å²) in [5.41, 5.74) is 0.541. The van der Waals surface area contributed by atoms with Crippen molar-refractivity contribution in [2.24, 2.45) is 0 Å². The van der Waals surface area contributed by atoms with Crippen LogP contribution in [-0.4, -0.2) is 10.5 Å². The monoisotopic (exact) mass is 400 g/mol. The molecule has 0 aliphatic rings. The SMILES string of the molecule is CCc1ccc(NC(=O)c2cccn(Cc3cccc(C(F)(F)F)c3)c2=O)cc1. The minimum Gasteiger partial charge on any atom is -0.322 e. The van der Waals surface area contributed by atoms with Crippen molar-refractivity contribution < 1.29 is 18.0 Å². The molecule has 1 heterocycles. The van der Waals surface area contributed by atoms with Gasteiger partial charge in [0.15, 0.2) is 0 Å². The average molecular weight is 400 g/mol. The van der Waals surface area contributed by atoms with Gasteiger partial charge < -0.3 is 9.88 Å². The van der Waals surface area contributed by atoms with Crippen LogP contribution in [0.25, 0.3) is 0 Å². The van der Waals surface area contributed by atoms with Crippen molar-refractivity contribution in [3.8, 4) is 0 Å². The number of hydrogen-bond acceptors (Lipinski definition) is 2. The Labute approximate surface area is 165 Å². The Morgan fingerprint density at radius 3 is 2.38 bits per heavy atom. The lowest BCUT2D eigenvalue weighted by Gasteiger charge is -2.11. The fourth-order valence-corrected chi connectivity index (χ4v) is 2.90. The molecule has 29 heavy (non-hydrogen) atoms. The first kappa shape index (κ1) is 20.4. The highest BCUT2D eigenvalue weighted by Crippen LogP contribution is 2.29. The second-order valence-electron chi connectivity index (χ2n) is 6.56. The van der Waals surface area contributed by atoms with Crippen LogP contribution < -0.4 is 10.9 Å². The van der Waals surface area contributed by atoms with E-state index >= 15 is 0 Å². The Morgan fingerprint density at radius 1 is 1.00 bits per heavy atom. The van der Waals surface area contributed by atoms with Crippen LogP contribution in [0.2, 0.25) is 0 Å². The van der Waals surface area contributed by atoms with E-state index in [1.54, 1.807) is 12.1 Å². The Hall–Kier alpha value is -3.35. The molecule has 0 saturated heterocycles. The number of nitrogens with zero attached hydrogens (tertiary/aromatic N) is 1. The summed E-state index contributed by atoms with van der Waals surface area (Å²) in [6, 6.07) is 14.9. The second kappa shape index (κ2) is 8.34. The molecule has 0 fully saturated rings. The number of rotatable bonds is 5. The summed E-state index contributed by atoms with van der Waals surface area (Å²) in [4.78, 5) is 25.2. The van der Waals surface area contributed by atoms with Gasteiger partial charge in [0.05, 0.1) is 12.1 Å². The number of carbonyl (C=O) groups excluding carboxylic acids is 1. The van der Waals surface area contributed by atoms with E-state index in [1.807, 2.05) is 19.1 Å². The van der Waals surface area contributed by atoms with Crippen LogP contribution in [0.1, 0.15) is 34.0 Å². The molecule has 3 aromatic rings. The van der Waals surface area contributed by atoms with Crippen LogP contribution in [0.15, 0.2) is 71.7 Å². The van der Waals surface area contributed by atoms with Gasteiger partial charge in [-0.25, -0.2) is 0 Å². The molecule has 0 aliphatic carbocycles. The molecule has 4 nitrogen and oxygen atoms in total. The van der Waals surface area contributed by atoms with Gasteiger partial charge in [-0.15, -0.1) is 0 Å². The van der Waals surface area contributed by atoms with Gasteiger partial charge in [0.1, 0.15) is 5.56 Å². The number of nitrogens with one attached hydrogen (secondary N) is 1. The van der Waals surface area contributed by atoms with E-state index in [-0.39, 0.29) is 12.1 Å². The van der Waals surface area contributed by atoms with E-state index in [2.05, 4.69) is 5.32 Å². The second-order valence-corrected chi connectivity index (χ2v) is 6.56.